The van der Waals surface area contributed by atoms with Crippen LogP contribution in [0, 0.1) is 5.92 Å². The molecule has 1 fully saturated rings. The first-order valence-corrected chi connectivity index (χ1v) is 7.03. The lowest BCUT2D eigenvalue weighted by atomic mass is 10.2. The number of hydrogen-bond acceptors (Lipinski definition) is 3. The van der Waals surface area contributed by atoms with Crippen molar-refractivity contribution < 1.29 is 4.74 Å². The van der Waals surface area contributed by atoms with Gasteiger partial charge in [0.2, 0.25) is 5.88 Å². The summed E-state index contributed by atoms with van der Waals surface area (Å²) in [6.45, 7) is 8.16. The molecule has 2 rings (SSSR count). The van der Waals surface area contributed by atoms with Crippen LogP contribution in [0.3, 0.4) is 0 Å². The summed E-state index contributed by atoms with van der Waals surface area (Å²) in [4.78, 5) is 4.53. The first-order valence-electron chi connectivity index (χ1n) is 7.03. The molecule has 3 heteroatoms. The fraction of sp³-hybridized carbons (Fsp3) is 0.667. The third kappa shape index (κ3) is 4.30. The van der Waals surface area contributed by atoms with Crippen molar-refractivity contribution in [2.45, 2.75) is 52.6 Å². The van der Waals surface area contributed by atoms with Gasteiger partial charge >= 0.3 is 0 Å². The molecule has 0 unspecified atom stereocenters. The summed E-state index contributed by atoms with van der Waals surface area (Å²) < 4.78 is 5.78. The minimum atomic E-state index is 0.499. The van der Waals surface area contributed by atoms with Gasteiger partial charge in [-0.3, -0.25) is 0 Å². The van der Waals surface area contributed by atoms with E-state index >= 15 is 0 Å². The van der Waals surface area contributed by atoms with Crippen molar-refractivity contribution >= 4 is 0 Å². The van der Waals surface area contributed by atoms with Crippen LogP contribution in [0.15, 0.2) is 12.1 Å². The van der Waals surface area contributed by atoms with Crippen LogP contribution in [0.2, 0.25) is 0 Å². The zero-order valence-corrected chi connectivity index (χ0v) is 11.7. The molecule has 0 bridgehead atoms. The number of nitrogens with zero attached hydrogens (tertiary/aromatic N) is 1. The van der Waals surface area contributed by atoms with Crippen molar-refractivity contribution in [3.63, 3.8) is 0 Å². The van der Waals surface area contributed by atoms with Gasteiger partial charge in [-0.25, -0.2) is 4.98 Å². The average molecular weight is 248 g/mol. The third-order valence-electron chi connectivity index (χ3n) is 3.16. The minimum Gasteiger partial charge on any atom is -0.477 e. The van der Waals surface area contributed by atoms with Crippen molar-refractivity contribution in [3.8, 4) is 5.88 Å². The van der Waals surface area contributed by atoms with Crippen LogP contribution < -0.4 is 10.1 Å². The number of pyridine rings is 1. The van der Waals surface area contributed by atoms with Gasteiger partial charge in [-0.1, -0.05) is 20.8 Å². The molecule has 100 valence electrons. The van der Waals surface area contributed by atoms with Crippen molar-refractivity contribution in [2.24, 2.45) is 5.92 Å². The Labute approximate surface area is 110 Å². The van der Waals surface area contributed by atoms with Gasteiger partial charge in [0.05, 0.1) is 6.61 Å². The summed E-state index contributed by atoms with van der Waals surface area (Å²) >= 11 is 0. The Bertz CT molecular complexity index is 362. The lowest BCUT2D eigenvalue weighted by Gasteiger charge is -2.11. The van der Waals surface area contributed by atoms with E-state index in [0.717, 1.165) is 37.1 Å². The number of hydrogen-bond donors (Lipinski definition) is 1. The van der Waals surface area contributed by atoms with Gasteiger partial charge in [-0.05, 0) is 36.8 Å². The van der Waals surface area contributed by atoms with Gasteiger partial charge < -0.3 is 10.1 Å². The smallest absolute Gasteiger partial charge is 0.213 e. The van der Waals surface area contributed by atoms with Crippen LogP contribution in [0.4, 0.5) is 0 Å². The SMILES string of the molecule is CCc1cc(CNC(C)C)cc(OCC2CC2)n1. The van der Waals surface area contributed by atoms with Gasteiger partial charge in [0.15, 0.2) is 0 Å². The summed E-state index contributed by atoms with van der Waals surface area (Å²) in [5.74, 6) is 1.57. The van der Waals surface area contributed by atoms with E-state index in [0.29, 0.717) is 6.04 Å². The summed E-state index contributed by atoms with van der Waals surface area (Å²) in [7, 11) is 0. The van der Waals surface area contributed by atoms with Crippen LogP contribution in [-0.2, 0) is 13.0 Å². The first kappa shape index (κ1) is 13.3. The molecule has 0 aromatic carbocycles. The van der Waals surface area contributed by atoms with E-state index < -0.39 is 0 Å². The number of ether oxygens (including phenoxy) is 1. The number of rotatable bonds is 7. The minimum absolute atomic E-state index is 0.499. The molecule has 0 spiro atoms. The predicted octanol–water partition coefficient (Wildman–Crippen LogP) is 2.93. The number of aromatic nitrogens is 1. The van der Waals surface area contributed by atoms with Crippen LogP contribution in [0.25, 0.3) is 0 Å². The first-order chi connectivity index (χ1) is 8.67. The molecule has 1 aromatic rings. The molecule has 1 N–H and O–H groups in total. The van der Waals surface area contributed by atoms with Gasteiger partial charge in [-0.2, -0.15) is 0 Å². The molecule has 0 atom stereocenters. The van der Waals surface area contributed by atoms with Crippen molar-refractivity contribution in [3.05, 3.63) is 23.4 Å². The van der Waals surface area contributed by atoms with Crippen LogP contribution >= 0.6 is 0 Å². The van der Waals surface area contributed by atoms with E-state index in [-0.39, 0.29) is 0 Å². The van der Waals surface area contributed by atoms with Gasteiger partial charge in [0, 0.05) is 24.3 Å². The highest BCUT2D eigenvalue weighted by Gasteiger charge is 2.22. The fourth-order valence-corrected chi connectivity index (χ4v) is 1.79. The van der Waals surface area contributed by atoms with Crippen LogP contribution in [0.1, 0.15) is 44.9 Å². The Morgan fingerprint density at radius 2 is 2.17 bits per heavy atom. The summed E-state index contributed by atoms with van der Waals surface area (Å²) in [6, 6.07) is 4.73. The lowest BCUT2D eigenvalue weighted by Crippen LogP contribution is -2.22. The predicted molar refractivity (Wildman–Crippen MR) is 73.8 cm³/mol. The standard InChI is InChI=1S/C15H24N2O/c1-4-14-7-13(9-16-11(2)3)8-15(17-14)18-10-12-5-6-12/h7-8,11-12,16H,4-6,9-10H2,1-3H3. The fourth-order valence-electron chi connectivity index (χ4n) is 1.79. The molecule has 0 aliphatic heterocycles. The monoisotopic (exact) mass is 248 g/mol. The Kier molecular flexibility index (Phi) is 4.59. The highest BCUT2D eigenvalue weighted by atomic mass is 16.5. The van der Waals surface area contributed by atoms with E-state index in [2.05, 4.69) is 43.2 Å². The highest BCUT2D eigenvalue weighted by Crippen LogP contribution is 2.29. The van der Waals surface area contributed by atoms with E-state index in [9.17, 15) is 0 Å². The molecule has 1 heterocycles. The second-order valence-corrected chi connectivity index (χ2v) is 5.45. The van der Waals surface area contributed by atoms with Crippen LogP contribution in [-0.4, -0.2) is 17.6 Å². The second kappa shape index (κ2) is 6.19. The Balaban J connectivity index is 2.00. The normalized spacial score (nSPS) is 15.1. The quantitative estimate of drug-likeness (QED) is 0.805. The highest BCUT2D eigenvalue weighted by molar-refractivity contribution is 5.25. The number of aryl methyl sites for hydroxylation is 1. The van der Waals surface area contributed by atoms with Crippen molar-refractivity contribution in [1.82, 2.24) is 10.3 Å². The van der Waals surface area contributed by atoms with E-state index in [1.165, 1.54) is 18.4 Å². The molecular formula is C15H24N2O. The number of nitrogens with one attached hydrogen (secondary N) is 1. The van der Waals surface area contributed by atoms with Gasteiger partial charge in [0.25, 0.3) is 0 Å². The topological polar surface area (TPSA) is 34.1 Å². The lowest BCUT2D eigenvalue weighted by molar-refractivity contribution is 0.287. The molecule has 0 saturated heterocycles. The molecule has 1 aromatic heterocycles. The van der Waals surface area contributed by atoms with Gasteiger partial charge in [0.1, 0.15) is 0 Å². The Morgan fingerprint density at radius 3 is 2.78 bits per heavy atom. The van der Waals surface area contributed by atoms with Crippen molar-refractivity contribution in [2.75, 3.05) is 6.61 Å². The maximum Gasteiger partial charge on any atom is 0.213 e. The van der Waals surface area contributed by atoms with Gasteiger partial charge in [-0.15, -0.1) is 0 Å². The molecule has 0 radical (unpaired) electrons. The maximum atomic E-state index is 5.78. The Hall–Kier alpha value is -1.09. The maximum absolute atomic E-state index is 5.78. The van der Waals surface area contributed by atoms with Crippen LogP contribution in [0.5, 0.6) is 5.88 Å². The molecule has 1 aliphatic rings. The Morgan fingerprint density at radius 1 is 1.39 bits per heavy atom. The molecule has 1 saturated carbocycles. The zero-order valence-electron chi connectivity index (χ0n) is 11.7. The third-order valence-corrected chi connectivity index (χ3v) is 3.16. The molecule has 3 nitrogen and oxygen atoms in total. The van der Waals surface area contributed by atoms with E-state index in [4.69, 9.17) is 4.74 Å². The zero-order chi connectivity index (χ0) is 13.0. The van der Waals surface area contributed by atoms with E-state index in [1.807, 2.05) is 0 Å². The molecule has 1 aliphatic carbocycles. The molecule has 18 heavy (non-hydrogen) atoms. The summed E-state index contributed by atoms with van der Waals surface area (Å²) in [6.07, 6.45) is 3.58. The molecule has 0 amide bonds. The molecular weight excluding hydrogens is 224 g/mol. The van der Waals surface area contributed by atoms with E-state index in [1.54, 1.807) is 0 Å². The second-order valence-electron chi connectivity index (χ2n) is 5.45. The largest absolute Gasteiger partial charge is 0.477 e. The van der Waals surface area contributed by atoms with Crippen molar-refractivity contribution in [1.29, 1.82) is 0 Å². The average Bonchev–Trinajstić information content (AvgIpc) is 3.17. The summed E-state index contributed by atoms with van der Waals surface area (Å²) in [5, 5.41) is 3.43. The summed E-state index contributed by atoms with van der Waals surface area (Å²) in [5.41, 5.74) is 2.38.